The van der Waals surface area contributed by atoms with Crippen molar-refractivity contribution in [2.75, 3.05) is 19.8 Å². The summed E-state index contributed by atoms with van der Waals surface area (Å²) >= 11 is 0. The Morgan fingerprint density at radius 2 is 2.00 bits per heavy atom. The van der Waals surface area contributed by atoms with Gasteiger partial charge in [0.1, 0.15) is 6.04 Å². The molecule has 1 aliphatic heterocycles. The van der Waals surface area contributed by atoms with E-state index in [1.165, 1.54) is 0 Å². The van der Waals surface area contributed by atoms with Crippen LogP contribution in [0.2, 0.25) is 0 Å². The molecule has 2 N–H and O–H groups in total. The summed E-state index contributed by atoms with van der Waals surface area (Å²) < 4.78 is 5.39. The van der Waals surface area contributed by atoms with Crippen LogP contribution < -0.4 is 5.32 Å². The van der Waals surface area contributed by atoms with Crippen LogP contribution in [0.5, 0.6) is 0 Å². The van der Waals surface area contributed by atoms with Crippen molar-refractivity contribution in [3.63, 3.8) is 0 Å². The summed E-state index contributed by atoms with van der Waals surface area (Å²) in [6.07, 6.45) is 1.73. The average Bonchev–Trinajstić information content (AvgIpc) is 2.50. The summed E-state index contributed by atoms with van der Waals surface area (Å²) in [5.41, 5.74) is 0.903. The second-order valence-corrected chi connectivity index (χ2v) is 5.64. The van der Waals surface area contributed by atoms with Crippen LogP contribution in [0, 0.1) is 16.7 Å². The summed E-state index contributed by atoms with van der Waals surface area (Å²) in [5, 5.41) is 22.4. The minimum atomic E-state index is -0.288. The number of rotatable bonds is 5. The van der Waals surface area contributed by atoms with Gasteiger partial charge in [-0.05, 0) is 18.4 Å². The molecule has 0 unspecified atom stereocenters. The average molecular weight is 274 g/mol. The van der Waals surface area contributed by atoms with Crippen LogP contribution in [0.3, 0.4) is 0 Å². The smallest absolute Gasteiger partial charge is 0.101 e. The van der Waals surface area contributed by atoms with Crippen molar-refractivity contribution in [2.24, 2.45) is 5.41 Å². The molecule has 1 aliphatic rings. The van der Waals surface area contributed by atoms with Crippen LogP contribution in [0.15, 0.2) is 30.3 Å². The molecule has 20 heavy (non-hydrogen) atoms. The molecule has 0 spiro atoms. The summed E-state index contributed by atoms with van der Waals surface area (Å²) in [6.45, 7) is 3.50. The Morgan fingerprint density at radius 3 is 2.55 bits per heavy atom. The summed E-state index contributed by atoms with van der Waals surface area (Å²) in [7, 11) is 0. The van der Waals surface area contributed by atoms with Gasteiger partial charge in [0.15, 0.2) is 0 Å². The molecule has 1 heterocycles. The highest BCUT2D eigenvalue weighted by Crippen LogP contribution is 2.34. The number of nitrogens with one attached hydrogen (secondary N) is 1. The van der Waals surface area contributed by atoms with E-state index in [9.17, 15) is 10.4 Å². The van der Waals surface area contributed by atoms with Gasteiger partial charge in [0.05, 0.1) is 18.7 Å². The van der Waals surface area contributed by atoms with E-state index in [4.69, 9.17) is 4.74 Å². The molecule has 1 fully saturated rings. The Hall–Kier alpha value is -1.41. The Morgan fingerprint density at radius 1 is 1.35 bits per heavy atom. The Labute approximate surface area is 120 Å². The summed E-state index contributed by atoms with van der Waals surface area (Å²) in [5.74, 6) is 0. The predicted octanol–water partition coefficient (Wildman–Crippen LogP) is 2.02. The molecule has 1 saturated heterocycles. The minimum absolute atomic E-state index is 0.0191. The molecule has 2 atom stereocenters. The zero-order chi connectivity index (χ0) is 14.4. The third kappa shape index (κ3) is 3.37. The van der Waals surface area contributed by atoms with Crippen molar-refractivity contribution >= 4 is 0 Å². The van der Waals surface area contributed by atoms with Crippen LogP contribution in [0.25, 0.3) is 0 Å². The summed E-state index contributed by atoms with van der Waals surface area (Å²) in [6, 6.07) is 11.6. The SMILES string of the molecule is CC1([C@@H](C#N)N[C@H](CO)c2ccccc2)CCOCC1. The van der Waals surface area contributed by atoms with Crippen molar-refractivity contribution in [3.8, 4) is 6.07 Å². The van der Waals surface area contributed by atoms with Gasteiger partial charge >= 0.3 is 0 Å². The van der Waals surface area contributed by atoms with Crippen molar-refractivity contribution in [1.82, 2.24) is 5.32 Å². The Kier molecular flexibility index (Phi) is 5.13. The van der Waals surface area contributed by atoms with Crippen molar-refractivity contribution in [2.45, 2.75) is 31.8 Å². The predicted molar refractivity (Wildman–Crippen MR) is 77.0 cm³/mol. The maximum absolute atomic E-state index is 9.61. The number of nitrogens with zero attached hydrogens (tertiary/aromatic N) is 1. The van der Waals surface area contributed by atoms with Gasteiger partial charge in [-0.25, -0.2) is 0 Å². The monoisotopic (exact) mass is 274 g/mol. The van der Waals surface area contributed by atoms with Gasteiger partial charge in [-0.15, -0.1) is 0 Å². The van der Waals surface area contributed by atoms with Crippen LogP contribution >= 0.6 is 0 Å². The molecular formula is C16H22N2O2. The first-order chi connectivity index (χ1) is 9.69. The van der Waals surface area contributed by atoms with E-state index in [1.807, 2.05) is 30.3 Å². The van der Waals surface area contributed by atoms with Gasteiger partial charge in [-0.2, -0.15) is 5.26 Å². The molecule has 0 aliphatic carbocycles. The molecule has 108 valence electrons. The van der Waals surface area contributed by atoms with Gasteiger partial charge in [0, 0.05) is 18.6 Å². The van der Waals surface area contributed by atoms with Crippen molar-refractivity contribution in [1.29, 1.82) is 5.26 Å². The zero-order valence-corrected chi connectivity index (χ0v) is 11.9. The van der Waals surface area contributed by atoms with E-state index in [-0.39, 0.29) is 24.1 Å². The van der Waals surface area contributed by atoms with Crippen LogP contribution in [0.4, 0.5) is 0 Å². The number of hydrogen-bond acceptors (Lipinski definition) is 4. The largest absolute Gasteiger partial charge is 0.394 e. The Bertz CT molecular complexity index is 449. The lowest BCUT2D eigenvalue weighted by atomic mass is 9.75. The van der Waals surface area contributed by atoms with E-state index in [0.717, 1.165) is 18.4 Å². The fourth-order valence-electron chi connectivity index (χ4n) is 2.66. The number of ether oxygens (including phenoxy) is 1. The second kappa shape index (κ2) is 6.85. The molecule has 0 amide bonds. The van der Waals surface area contributed by atoms with Crippen molar-refractivity contribution < 1.29 is 9.84 Å². The molecule has 4 heteroatoms. The molecule has 1 aromatic rings. The van der Waals surface area contributed by atoms with Gasteiger partial charge in [0.2, 0.25) is 0 Å². The molecule has 0 aromatic heterocycles. The number of benzene rings is 1. The first kappa shape index (κ1) is 15.0. The minimum Gasteiger partial charge on any atom is -0.394 e. The molecule has 0 radical (unpaired) electrons. The van der Waals surface area contributed by atoms with Gasteiger partial charge in [0.25, 0.3) is 0 Å². The quantitative estimate of drug-likeness (QED) is 0.862. The topological polar surface area (TPSA) is 65.3 Å². The number of aliphatic hydroxyl groups excluding tert-OH is 1. The van der Waals surface area contributed by atoms with Crippen LogP contribution in [-0.4, -0.2) is 31.0 Å². The maximum atomic E-state index is 9.61. The highest BCUT2D eigenvalue weighted by atomic mass is 16.5. The first-order valence-corrected chi connectivity index (χ1v) is 7.09. The number of hydrogen-bond donors (Lipinski definition) is 2. The van der Waals surface area contributed by atoms with Crippen molar-refractivity contribution in [3.05, 3.63) is 35.9 Å². The van der Waals surface area contributed by atoms with E-state index >= 15 is 0 Å². The number of aliphatic hydroxyl groups is 1. The van der Waals surface area contributed by atoms with Gasteiger partial charge in [-0.1, -0.05) is 37.3 Å². The van der Waals surface area contributed by atoms with E-state index in [1.54, 1.807) is 0 Å². The molecule has 1 aromatic carbocycles. The van der Waals surface area contributed by atoms with E-state index < -0.39 is 0 Å². The molecule has 0 bridgehead atoms. The first-order valence-electron chi connectivity index (χ1n) is 7.09. The standard InChI is InChI=1S/C16H22N2O2/c1-16(7-9-20-10-8-16)15(11-17)18-14(12-19)13-5-3-2-4-6-13/h2-6,14-15,18-19H,7-10,12H2,1H3/t14-,15-/m1/s1. The highest BCUT2D eigenvalue weighted by Gasteiger charge is 2.37. The van der Waals surface area contributed by atoms with Gasteiger partial charge < -0.3 is 9.84 Å². The lowest BCUT2D eigenvalue weighted by Crippen LogP contribution is -2.47. The highest BCUT2D eigenvalue weighted by molar-refractivity contribution is 5.20. The third-order valence-electron chi connectivity index (χ3n) is 4.21. The lowest BCUT2D eigenvalue weighted by Gasteiger charge is -2.39. The van der Waals surface area contributed by atoms with E-state index in [0.29, 0.717) is 13.2 Å². The molecule has 4 nitrogen and oxygen atoms in total. The second-order valence-electron chi connectivity index (χ2n) is 5.64. The molecule has 0 saturated carbocycles. The Balaban J connectivity index is 2.10. The lowest BCUT2D eigenvalue weighted by molar-refractivity contribution is 0.0104. The van der Waals surface area contributed by atoms with Gasteiger partial charge in [-0.3, -0.25) is 5.32 Å². The van der Waals surface area contributed by atoms with E-state index in [2.05, 4.69) is 18.3 Å². The third-order valence-corrected chi connectivity index (χ3v) is 4.21. The fourth-order valence-corrected chi connectivity index (χ4v) is 2.66. The fraction of sp³-hybridized carbons (Fsp3) is 0.562. The maximum Gasteiger partial charge on any atom is 0.101 e. The zero-order valence-electron chi connectivity index (χ0n) is 11.9. The normalized spacial score (nSPS) is 20.9. The van der Waals surface area contributed by atoms with Crippen LogP contribution in [0.1, 0.15) is 31.4 Å². The number of nitriles is 1. The summed E-state index contributed by atoms with van der Waals surface area (Å²) in [4.78, 5) is 0. The molecular weight excluding hydrogens is 252 g/mol. The molecule has 2 rings (SSSR count). The van der Waals surface area contributed by atoms with Crippen LogP contribution in [-0.2, 0) is 4.74 Å².